The van der Waals surface area contributed by atoms with Gasteiger partial charge in [0.25, 0.3) is 0 Å². The van der Waals surface area contributed by atoms with E-state index in [1.807, 2.05) is 25.1 Å². The number of benzene rings is 1. The van der Waals surface area contributed by atoms with Gasteiger partial charge < -0.3 is 23.5 Å². The third kappa shape index (κ3) is 3.39. The van der Waals surface area contributed by atoms with Crippen molar-refractivity contribution < 1.29 is 23.4 Å². The van der Waals surface area contributed by atoms with Gasteiger partial charge in [-0.3, -0.25) is 0 Å². The predicted octanol–water partition coefficient (Wildman–Crippen LogP) is 2.63. The Labute approximate surface area is 141 Å². The van der Waals surface area contributed by atoms with E-state index in [2.05, 4.69) is 11.9 Å². The predicted molar refractivity (Wildman–Crippen MR) is 89.6 cm³/mol. The fourth-order valence-electron chi connectivity index (χ4n) is 2.93. The summed E-state index contributed by atoms with van der Waals surface area (Å²) in [5.41, 5.74) is 1.36. The lowest BCUT2D eigenvalue weighted by atomic mass is 10.1. The van der Waals surface area contributed by atoms with E-state index in [1.165, 1.54) is 0 Å². The van der Waals surface area contributed by atoms with Gasteiger partial charge >= 0.3 is 5.97 Å². The van der Waals surface area contributed by atoms with Crippen LogP contribution < -0.4 is 4.74 Å². The fourth-order valence-corrected chi connectivity index (χ4v) is 2.93. The maximum Gasteiger partial charge on any atom is 0.374 e. The van der Waals surface area contributed by atoms with Gasteiger partial charge in [-0.05, 0) is 33.0 Å². The van der Waals surface area contributed by atoms with Crippen molar-refractivity contribution in [2.24, 2.45) is 0 Å². The van der Waals surface area contributed by atoms with Gasteiger partial charge in [0.2, 0.25) is 5.76 Å². The van der Waals surface area contributed by atoms with Crippen LogP contribution in [0.5, 0.6) is 5.75 Å². The molecule has 0 spiro atoms. The molecule has 130 valence electrons. The highest BCUT2D eigenvalue weighted by molar-refractivity contribution is 5.98. The van der Waals surface area contributed by atoms with Crippen molar-refractivity contribution in [2.75, 3.05) is 40.0 Å². The standard InChI is InChI=1S/C18H23NO5/c1-4-21-18(20)17-12(2)16-14(6-5-7-15(16)24-17)23-11-13-10-19(3)8-9-22-13/h5-7,13H,4,8-11H2,1-3H3. The first-order valence-corrected chi connectivity index (χ1v) is 8.22. The minimum Gasteiger partial charge on any atom is -0.490 e. The Kier molecular flexibility index (Phi) is 5.06. The second-order valence-electron chi connectivity index (χ2n) is 5.97. The Balaban J connectivity index is 1.81. The molecule has 0 N–H and O–H groups in total. The summed E-state index contributed by atoms with van der Waals surface area (Å²) in [5.74, 6) is 0.479. The smallest absolute Gasteiger partial charge is 0.374 e. The second kappa shape index (κ2) is 7.23. The summed E-state index contributed by atoms with van der Waals surface area (Å²) in [6.45, 7) is 6.88. The molecule has 24 heavy (non-hydrogen) atoms. The van der Waals surface area contributed by atoms with E-state index in [0.29, 0.717) is 31.2 Å². The number of hydrogen-bond acceptors (Lipinski definition) is 6. The van der Waals surface area contributed by atoms with Crippen LogP contribution in [-0.2, 0) is 9.47 Å². The number of morpholine rings is 1. The molecule has 1 aromatic carbocycles. The van der Waals surface area contributed by atoms with Gasteiger partial charge in [0.15, 0.2) is 0 Å². The number of carbonyl (C=O) groups is 1. The quantitative estimate of drug-likeness (QED) is 0.784. The Morgan fingerprint density at radius 1 is 1.42 bits per heavy atom. The van der Waals surface area contributed by atoms with Crippen molar-refractivity contribution in [1.82, 2.24) is 4.90 Å². The van der Waals surface area contributed by atoms with Crippen LogP contribution in [0, 0.1) is 6.92 Å². The zero-order valence-electron chi connectivity index (χ0n) is 14.3. The van der Waals surface area contributed by atoms with Crippen LogP contribution >= 0.6 is 0 Å². The van der Waals surface area contributed by atoms with E-state index in [1.54, 1.807) is 6.92 Å². The van der Waals surface area contributed by atoms with E-state index >= 15 is 0 Å². The van der Waals surface area contributed by atoms with Crippen molar-refractivity contribution in [2.45, 2.75) is 20.0 Å². The average Bonchev–Trinajstić information content (AvgIpc) is 2.91. The van der Waals surface area contributed by atoms with Crippen molar-refractivity contribution in [3.05, 3.63) is 29.5 Å². The van der Waals surface area contributed by atoms with E-state index in [0.717, 1.165) is 24.0 Å². The first-order valence-electron chi connectivity index (χ1n) is 8.22. The van der Waals surface area contributed by atoms with Gasteiger partial charge in [0.05, 0.1) is 18.6 Å². The molecule has 0 amide bonds. The number of fused-ring (bicyclic) bond motifs is 1. The van der Waals surface area contributed by atoms with Crippen LogP contribution in [-0.4, -0.2) is 56.9 Å². The summed E-state index contributed by atoms with van der Waals surface area (Å²) in [4.78, 5) is 14.2. The van der Waals surface area contributed by atoms with Crippen molar-refractivity contribution >= 4 is 16.9 Å². The van der Waals surface area contributed by atoms with Gasteiger partial charge in [0, 0.05) is 18.7 Å². The van der Waals surface area contributed by atoms with E-state index < -0.39 is 5.97 Å². The van der Waals surface area contributed by atoms with E-state index in [4.69, 9.17) is 18.6 Å². The average molecular weight is 333 g/mol. The van der Waals surface area contributed by atoms with Crippen LogP contribution in [0.4, 0.5) is 0 Å². The molecule has 1 aliphatic heterocycles. The number of aryl methyl sites for hydroxylation is 1. The minimum atomic E-state index is -0.450. The second-order valence-corrected chi connectivity index (χ2v) is 5.97. The summed E-state index contributed by atoms with van der Waals surface area (Å²) in [6, 6.07) is 5.55. The van der Waals surface area contributed by atoms with Crippen LogP contribution in [0.1, 0.15) is 23.0 Å². The first-order chi connectivity index (χ1) is 11.6. The Morgan fingerprint density at radius 3 is 3.00 bits per heavy atom. The monoisotopic (exact) mass is 333 g/mol. The van der Waals surface area contributed by atoms with Crippen LogP contribution in [0.2, 0.25) is 0 Å². The topological polar surface area (TPSA) is 61.1 Å². The maximum absolute atomic E-state index is 12.0. The largest absolute Gasteiger partial charge is 0.490 e. The SMILES string of the molecule is CCOC(=O)c1oc2cccc(OCC3CN(C)CCO3)c2c1C. The molecule has 1 aliphatic rings. The van der Waals surface area contributed by atoms with Crippen molar-refractivity contribution in [3.63, 3.8) is 0 Å². The molecular formula is C18H23NO5. The molecular weight excluding hydrogens is 310 g/mol. The molecule has 1 atom stereocenters. The summed E-state index contributed by atoms with van der Waals surface area (Å²) >= 11 is 0. The first kappa shape index (κ1) is 16.8. The summed E-state index contributed by atoms with van der Waals surface area (Å²) in [7, 11) is 2.07. The zero-order valence-corrected chi connectivity index (χ0v) is 14.3. The molecule has 2 aromatic rings. The lowest BCUT2D eigenvalue weighted by Gasteiger charge is -2.29. The van der Waals surface area contributed by atoms with Crippen molar-refractivity contribution in [3.8, 4) is 5.75 Å². The van der Waals surface area contributed by atoms with Gasteiger partial charge in [0.1, 0.15) is 24.0 Å². The Bertz CT molecular complexity index is 724. The van der Waals surface area contributed by atoms with Gasteiger partial charge in [-0.25, -0.2) is 4.79 Å². The minimum absolute atomic E-state index is 0.0377. The number of furan rings is 1. The summed E-state index contributed by atoms with van der Waals surface area (Å²) in [6.07, 6.45) is 0.0377. The summed E-state index contributed by atoms with van der Waals surface area (Å²) < 4.78 is 22.4. The zero-order chi connectivity index (χ0) is 17.1. The normalized spacial score (nSPS) is 18.7. The number of nitrogens with zero attached hydrogens (tertiary/aromatic N) is 1. The number of carbonyl (C=O) groups excluding carboxylic acids is 1. The molecule has 1 unspecified atom stereocenters. The molecule has 0 bridgehead atoms. The molecule has 3 rings (SSSR count). The highest BCUT2D eigenvalue weighted by Gasteiger charge is 2.23. The number of likely N-dealkylation sites (N-methyl/N-ethyl adjacent to an activating group) is 1. The van der Waals surface area contributed by atoms with Gasteiger partial charge in [-0.2, -0.15) is 0 Å². The van der Waals surface area contributed by atoms with Crippen LogP contribution in [0.25, 0.3) is 11.0 Å². The molecule has 6 nitrogen and oxygen atoms in total. The molecule has 0 saturated carbocycles. The van der Waals surface area contributed by atoms with Crippen molar-refractivity contribution in [1.29, 1.82) is 0 Å². The van der Waals surface area contributed by atoms with Gasteiger partial charge in [-0.15, -0.1) is 0 Å². The maximum atomic E-state index is 12.0. The molecule has 0 aliphatic carbocycles. The van der Waals surface area contributed by atoms with Crippen LogP contribution in [0.15, 0.2) is 22.6 Å². The van der Waals surface area contributed by atoms with Gasteiger partial charge in [-0.1, -0.05) is 6.07 Å². The molecule has 6 heteroatoms. The van der Waals surface area contributed by atoms with Crippen LogP contribution in [0.3, 0.4) is 0 Å². The highest BCUT2D eigenvalue weighted by Crippen LogP contribution is 2.33. The fraction of sp³-hybridized carbons (Fsp3) is 0.500. The molecule has 1 aromatic heterocycles. The molecule has 0 radical (unpaired) electrons. The number of ether oxygens (including phenoxy) is 3. The molecule has 1 saturated heterocycles. The van der Waals surface area contributed by atoms with E-state index in [9.17, 15) is 4.79 Å². The highest BCUT2D eigenvalue weighted by atomic mass is 16.5. The lowest BCUT2D eigenvalue weighted by Crippen LogP contribution is -2.42. The Hall–Kier alpha value is -2.05. The number of esters is 1. The van der Waals surface area contributed by atoms with E-state index in [-0.39, 0.29) is 11.9 Å². The molecule has 1 fully saturated rings. The third-order valence-electron chi connectivity index (χ3n) is 4.14. The lowest BCUT2D eigenvalue weighted by molar-refractivity contribution is -0.0401. The third-order valence-corrected chi connectivity index (χ3v) is 4.14. The molecule has 2 heterocycles. The Morgan fingerprint density at radius 2 is 2.25 bits per heavy atom. The summed E-state index contributed by atoms with van der Waals surface area (Å²) in [5, 5.41) is 0.810. The number of hydrogen-bond donors (Lipinski definition) is 0. The number of rotatable bonds is 5.